The highest BCUT2D eigenvalue weighted by molar-refractivity contribution is 7.92. The minimum atomic E-state index is -3.25. The first kappa shape index (κ1) is 15.5. The second-order valence-electron chi connectivity index (χ2n) is 5.80. The van der Waals surface area contributed by atoms with Crippen molar-refractivity contribution in [1.29, 1.82) is 0 Å². The summed E-state index contributed by atoms with van der Waals surface area (Å²) in [5, 5.41) is 0. The average Bonchev–Trinajstić information content (AvgIpc) is 2.82. The van der Waals surface area contributed by atoms with E-state index >= 15 is 0 Å². The third kappa shape index (κ3) is 3.07. The summed E-state index contributed by atoms with van der Waals surface area (Å²) in [6.45, 7) is 3.36. The van der Waals surface area contributed by atoms with Gasteiger partial charge in [-0.25, -0.2) is 13.4 Å². The summed E-state index contributed by atoms with van der Waals surface area (Å²) in [5.41, 5.74) is 1.16. The van der Waals surface area contributed by atoms with Crippen molar-refractivity contribution in [2.24, 2.45) is 0 Å². The van der Waals surface area contributed by atoms with E-state index in [0.29, 0.717) is 11.2 Å². The van der Waals surface area contributed by atoms with Gasteiger partial charge in [0.1, 0.15) is 5.65 Å². The molecular formula is C14H19N3O3S. The van der Waals surface area contributed by atoms with Gasteiger partial charge in [-0.15, -0.1) is 0 Å². The van der Waals surface area contributed by atoms with Gasteiger partial charge in [0.05, 0.1) is 4.75 Å². The normalized spacial score (nSPS) is 12.6. The molecule has 2 aromatic rings. The number of hydrogen-bond donors (Lipinski definition) is 0. The molecule has 2 aromatic heterocycles. The number of imidazole rings is 1. The summed E-state index contributed by atoms with van der Waals surface area (Å²) < 4.78 is 24.3. The molecule has 114 valence electrons. The summed E-state index contributed by atoms with van der Waals surface area (Å²) in [6, 6.07) is 3.38. The second kappa shape index (κ2) is 5.14. The quantitative estimate of drug-likeness (QED) is 0.851. The lowest BCUT2D eigenvalue weighted by Crippen LogP contribution is -2.44. The number of nitrogens with zero attached hydrogens (tertiary/aromatic N) is 3. The molecule has 7 heteroatoms. The summed E-state index contributed by atoms with van der Waals surface area (Å²) >= 11 is 0. The maximum atomic E-state index is 12.4. The summed E-state index contributed by atoms with van der Waals surface area (Å²) in [7, 11) is -1.65. The Morgan fingerprint density at radius 3 is 2.67 bits per heavy atom. The van der Waals surface area contributed by atoms with E-state index in [0.717, 1.165) is 0 Å². The number of amides is 1. The smallest absolute Gasteiger partial charge is 0.253 e. The molecule has 0 atom stereocenters. The Hall–Kier alpha value is -1.89. The molecule has 0 saturated heterocycles. The molecule has 1 amide bonds. The molecule has 0 aliphatic carbocycles. The number of sulfone groups is 1. The molecule has 0 aromatic carbocycles. The Labute approximate surface area is 124 Å². The number of hydrogen-bond acceptors (Lipinski definition) is 4. The molecule has 2 rings (SSSR count). The maximum Gasteiger partial charge on any atom is 0.253 e. The fourth-order valence-corrected chi connectivity index (χ4v) is 2.45. The van der Waals surface area contributed by atoms with Crippen LogP contribution in [-0.2, 0) is 9.84 Å². The monoisotopic (exact) mass is 309 g/mol. The van der Waals surface area contributed by atoms with E-state index in [1.54, 1.807) is 56.0 Å². The van der Waals surface area contributed by atoms with Crippen molar-refractivity contribution in [2.45, 2.75) is 18.6 Å². The zero-order chi connectivity index (χ0) is 15.8. The lowest BCUT2D eigenvalue weighted by molar-refractivity contribution is 0.0784. The fraction of sp³-hybridized carbons (Fsp3) is 0.429. The lowest BCUT2D eigenvalue weighted by Gasteiger charge is -2.28. The molecule has 0 fully saturated rings. The van der Waals surface area contributed by atoms with Gasteiger partial charge in [0.2, 0.25) is 0 Å². The van der Waals surface area contributed by atoms with Gasteiger partial charge < -0.3 is 9.30 Å². The van der Waals surface area contributed by atoms with Crippen LogP contribution in [0.15, 0.2) is 30.7 Å². The molecular weight excluding hydrogens is 290 g/mol. The lowest BCUT2D eigenvalue weighted by atomic mass is 10.1. The van der Waals surface area contributed by atoms with Gasteiger partial charge in [0.15, 0.2) is 9.84 Å². The van der Waals surface area contributed by atoms with Crippen LogP contribution in [-0.4, -0.2) is 53.2 Å². The highest BCUT2D eigenvalue weighted by atomic mass is 32.2. The van der Waals surface area contributed by atoms with E-state index in [4.69, 9.17) is 0 Å². The Morgan fingerprint density at radius 2 is 2.05 bits per heavy atom. The van der Waals surface area contributed by atoms with Crippen molar-refractivity contribution in [1.82, 2.24) is 14.3 Å². The van der Waals surface area contributed by atoms with Gasteiger partial charge >= 0.3 is 0 Å². The predicted molar refractivity (Wildman–Crippen MR) is 81.1 cm³/mol. The standard InChI is InChI=1S/C14H19N3O3S/c1-14(2,21(4,19)20)10-16(3)13(18)11-5-7-17-8-6-15-12(17)9-11/h5-9H,10H2,1-4H3. The Morgan fingerprint density at radius 1 is 1.38 bits per heavy atom. The molecule has 0 radical (unpaired) electrons. The van der Waals surface area contributed by atoms with Crippen molar-refractivity contribution in [2.75, 3.05) is 19.8 Å². The third-order valence-corrected chi connectivity index (χ3v) is 5.75. The minimum absolute atomic E-state index is 0.129. The van der Waals surface area contributed by atoms with E-state index in [-0.39, 0.29) is 12.5 Å². The number of aromatic nitrogens is 2. The molecule has 2 heterocycles. The zero-order valence-corrected chi connectivity index (χ0v) is 13.4. The molecule has 0 bridgehead atoms. The fourth-order valence-electron chi connectivity index (χ4n) is 2.02. The van der Waals surface area contributed by atoms with E-state index in [2.05, 4.69) is 4.98 Å². The number of fused-ring (bicyclic) bond motifs is 1. The van der Waals surface area contributed by atoms with Gasteiger partial charge in [0.25, 0.3) is 5.91 Å². The maximum absolute atomic E-state index is 12.4. The first-order valence-electron chi connectivity index (χ1n) is 6.49. The molecule has 6 nitrogen and oxygen atoms in total. The van der Waals surface area contributed by atoms with Crippen LogP contribution in [0.1, 0.15) is 24.2 Å². The predicted octanol–water partition coefficient (Wildman–Crippen LogP) is 1.23. The molecule has 0 aliphatic rings. The third-order valence-electron chi connectivity index (χ3n) is 3.61. The Bertz CT molecular complexity index is 778. The number of carbonyl (C=O) groups is 1. The molecule has 0 spiro atoms. The number of carbonyl (C=O) groups excluding carboxylic acids is 1. The van der Waals surface area contributed by atoms with Crippen molar-refractivity contribution in [3.05, 3.63) is 36.3 Å². The Kier molecular flexibility index (Phi) is 3.79. The summed E-state index contributed by atoms with van der Waals surface area (Å²) in [6.07, 6.45) is 6.38. The van der Waals surface area contributed by atoms with Crippen molar-refractivity contribution in [3.8, 4) is 0 Å². The van der Waals surface area contributed by atoms with Crippen LogP contribution in [0.2, 0.25) is 0 Å². The SMILES string of the molecule is CN(CC(C)(C)S(C)(=O)=O)C(=O)c1ccn2ccnc2c1. The van der Waals surface area contributed by atoms with E-state index in [1.807, 2.05) is 0 Å². The summed E-state index contributed by atoms with van der Waals surface area (Å²) in [5.74, 6) is -0.225. The van der Waals surface area contributed by atoms with Crippen LogP contribution < -0.4 is 0 Å². The number of pyridine rings is 1. The first-order chi connectivity index (χ1) is 9.62. The largest absolute Gasteiger partial charge is 0.340 e. The van der Waals surface area contributed by atoms with E-state index < -0.39 is 14.6 Å². The van der Waals surface area contributed by atoms with Gasteiger partial charge in [-0.1, -0.05) is 0 Å². The molecule has 0 aliphatic heterocycles. The number of rotatable bonds is 4. The van der Waals surface area contributed by atoms with Gasteiger partial charge in [-0.05, 0) is 26.0 Å². The zero-order valence-electron chi connectivity index (χ0n) is 12.6. The van der Waals surface area contributed by atoms with Crippen molar-refractivity contribution in [3.63, 3.8) is 0 Å². The molecule has 0 unspecified atom stereocenters. The molecule has 0 saturated carbocycles. The van der Waals surface area contributed by atoms with E-state index in [9.17, 15) is 13.2 Å². The van der Waals surface area contributed by atoms with Gasteiger partial charge in [0, 0.05) is 44.0 Å². The molecule has 0 N–H and O–H groups in total. The van der Waals surface area contributed by atoms with Crippen LogP contribution in [0, 0.1) is 0 Å². The summed E-state index contributed by atoms with van der Waals surface area (Å²) in [4.78, 5) is 18.0. The first-order valence-corrected chi connectivity index (χ1v) is 8.39. The second-order valence-corrected chi connectivity index (χ2v) is 8.45. The minimum Gasteiger partial charge on any atom is -0.340 e. The van der Waals surface area contributed by atoms with Gasteiger partial charge in [-0.2, -0.15) is 0 Å². The van der Waals surface area contributed by atoms with Crippen LogP contribution in [0.5, 0.6) is 0 Å². The molecule has 21 heavy (non-hydrogen) atoms. The highest BCUT2D eigenvalue weighted by Gasteiger charge is 2.33. The van der Waals surface area contributed by atoms with Crippen LogP contribution in [0.3, 0.4) is 0 Å². The van der Waals surface area contributed by atoms with Crippen molar-refractivity contribution >= 4 is 21.4 Å². The topological polar surface area (TPSA) is 71.8 Å². The van der Waals surface area contributed by atoms with Crippen LogP contribution in [0.25, 0.3) is 5.65 Å². The van der Waals surface area contributed by atoms with Crippen molar-refractivity contribution < 1.29 is 13.2 Å². The van der Waals surface area contributed by atoms with Crippen LogP contribution >= 0.6 is 0 Å². The Balaban J connectivity index is 2.23. The van der Waals surface area contributed by atoms with Crippen LogP contribution in [0.4, 0.5) is 0 Å². The average molecular weight is 309 g/mol. The van der Waals surface area contributed by atoms with Gasteiger partial charge in [-0.3, -0.25) is 4.79 Å². The highest BCUT2D eigenvalue weighted by Crippen LogP contribution is 2.18. The van der Waals surface area contributed by atoms with E-state index in [1.165, 1.54) is 11.2 Å².